The molecule has 11 aromatic rings. The van der Waals surface area contributed by atoms with Crippen LogP contribution in [0.15, 0.2) is 193 Å². The minimum Gasteiger partial charge on any atom is -0.228 e. The zero-order chi connectivity index (χ0) is 39.1. The predicted octanol–water partition coefficient (Wildman–Crippen LogP) is 15.1. The Morgan fingerprint density at radius 2 is 0.576 bits per heavy atom. The van der Waals surface area contributed by atoms with Gasteiger partial charge in [-0.3, -0.25) is 0 Å². The molecule has 0 saturated carbocycles. The highest BCUT2D eigenvalue weighted by Gasteiger charge is 2.20. The Hall–Kier alpha value is -6.90. The van der Waals surface area contributed by atoms with E-state index >= 15 is 0 Å². The Balaban J connectivity index is 0.973. The van der Waals surface area contributed by atoms with Crippen molar-refractivity contribution in [2.45, 2.75) is 0 Å². The van der Waals surface area contributed by atoms with Gasteiger partial charge in [0, 0.05) is 55.3 Å². The van der Waals surface area contributed by atoms with E-state index in [4.69, 9.17) is 19.9 Å². The summed E-state index contributed by atoms with van der Waals surface area (Å²) >= 11 is 5.52. The van der Waals surface area contributed by atoms with Gasteiger partial charge in [-0.2, -0.15) is 0 Å². The smallest absolute Gasteiger partial charge is 0.160 e. The van der Waals surface area contributed by atoms with Crippen molar-refractivity contribution in [2.24, 2.45) is 0 Å². The first kappa shape index (κ1) is 35.3. The molecular weight excluding hydrogens is 777 g/mol. The lowest BCUT2D eigenvalue weighted by atomic mass is 10.0. The Morgan fingerprint density at radius 1 is 0.271 bits per heavy atom. The lowest BCUT2D eigenvalue weighted by Gasteiger charge is -2.10. The number of rotatable bonds is 8. The van der Waals surface area contributed by atoms with Crippen molar-refractivity contribution in [1.29, 1.82) is 0 Å². The molecule has 0 N–H and O–H groups in total. The molecule has 0 radical (unpaired) electrons. The van der Waals surface area contributed by atoms with Crippen molar-refractivity contribution in [2.75, 3.05) is 0 Å². The van der Waals surface area contributed by atoms with Gasteiger partial charge in [-0.1, -0.05) is 158 Å². The monoisotopic (exact) mass is 808 g/mol. The first-order valence-electron chi connectivity index (χ1n) is 19.3. The zero-order valence-corrected chi connectivity index (χ0v) is 33.9. The maximum absolute atomic E-state index is 5.11. The van der Waals surface area contributed by atoms with E-state index in [-0.39, 0.29) is 0 Å². The second-order valence-corrected chi connectivity index (χ2v) is 17.0. The predicted molar refractivity (Wildman–Crippen MR) is 250 cm³/mol. The summed E-state index contributed by atoms with van der Waals surface area (Å²) in [4.78, 5) is 20.4. The molecule has 6 aromatic carbocycles. The second kappa shape index (κ2) is 15.1. The highest BCUT2D eigenvalue weighted by molar-refractivity contribution is 7.38. The maximum atomic E-state index is 5.11. The van der Waals surface area contributed by atoms with Crippen LogP contribution in [-0.4, -0.2) is 19.9 Å². The summed E-state index contributed by atoms with van der Waals surface area (Å²) in [6, 6.07) is 62.9. The molecule has 0 unspecified atom stereocenters. The minimum absolute atomic E-state index is 0.710. The van der Waals surface area contributed by atoms with Crippen molar-refractivity contribution in [3.05, 3.63) is 193 Å². The Kier molecular flexibility index (Phi) is 9.04. The van der Waals surface area contributed by atoms with Crippen LogP contribution >= 0.6 is 34.0 Å². The van der Waals surface area contributed by atoms with E-state index in [0.29, 0.717) is 11.6 Å². The lowest BCUT2D eigenvalue weighted by Crippen LogP contribution is -1.96. The molecule has 7 heteroatoms. The average molecular weight is 809 g/mol. The van der Waals surface area contributed by atoms with Crippen LogP contribution in [0.1, 0.15) is 0 Å². The van der Waals surface area contributed by atoms with Crippen LogP contribution in [0.2, 0.25) is 0 Å². The van der Waals surface area contributed by atoms with E-state index in [2.05, 4.69) is 168 Å². The number of fused-ring (bicyclic) bond motifs is 3. The lowest BCUT2D eigenvalue weighted by molar-refractivity contribution is 1.18. The van der Waals surface area contributed by atoms with Gasteiger partial charge in [-0.25, -0.2) is 19.9 Å². The molecule has 0 amide bonds. The zero-order valence-electron chi connectivity index (χ0n) is 31.5. The number of benzene rings is 6. The van der Waals surface area contributed by atoms with E-state index < -0.39 is 0 Å². The van der Waals surface area contributed by atoms with Crippen LogP contribution in [-0.2, 0) is 0 Å². The van der Waals surface area contributed by atoms with Gasteiger partial charge < -0.3 is 0 Å². The molecule has 0 fully saturated rings. The molecule has 0 spiro atoms. The van der Waals surface area contributed by atoms with Gasteiger partial charge in [0.2, 0.25) is 0 Å². The third kappa shape index (κ3) is 6.75. The van der Waals surface area contributed by atoms with Gasteiger partial charge in [0.05, 0.1) is 41.6 Å². The van der Waals surface area contributed by atoms with Crippen LogP contribution in [0.25, 0.3) is 109 Å². The number of hydrogen-bond acceptors (Lipinski definition) is 7. The van der Waals surface area contributed by atoms with Crippen LogP contribution < -0.4 is 0 Å². The van der Waals surface area contributed by atoms with E-state index in [1.165, 1.54) is 29.9 Å². The highest BCUT2D eigenvalue weighted by atomic mass is 32.1. The first-order valence-corrected chi connectivity index (χ1v) is 21.9. The van der Waals surface area contributed by atoms with Crippen molar-refractivity contribution >= 4 is 52.8 Å². The van der Waals surface area contributed by atoms with Crippen molar-refractivity contribution in [1.82, 2.24) is 19.9 Å². The largest absolute Gasteiger partial charge is 0.228 e. The fraction of sp³-hybridized carbons (Fsp3) is 0. The fourth-order valence-corrected chi connectivity index (χ4v) is 11.6. The molecule has 5 aromatic heterocycles. The van der Waals surface area contributed by atoms with E-state index in [9.17, 15) is 0 Å². The molecule has 0 atom stereocenters. The number of thiophene rings is 3. The SMILES string of the molecule is c1ccc(-c2cc(-c3ccccc3)nc(-c3cccc(-c4csc5c4sc4c(-c6cccc(-c7nc(-c8ccccc8)cc(-c8ccccc8)n7)c6)csc45)c3)n2)cc1. The molecule has 4 nitrogen and oxygen atoms in total. The quantitative estimate of drug-likeness (QED) is 0.153. The van der Waals surface area contributed by atoms with Crippen LogP contribution in [0, 0.1) is 0 Å². The molecule has 0 aliphatic carbocycles. The molecule has 5 heterocycles. The van der Waals surface area contributed by atoms with Gasteiger partial charge in [0.25, 0.3) is 0 Å². The molecule has 11 rings (SSSR count). The maximum Gasteiger partial charge on any atom is 0.160 e. The number of hydrogen-bond donors (Lipinski definition) is 0. The summed E-state index contributed by atoms with van der Waals surface area (Å²) in [5.41, 5.74) is 14.6. The first-order chi connectivity index (χ1) is 29.2. The molecular formula is C52H32N4S3. The average Bonchev–Trinajstić information content (AvgIpc) is 4.03. The third-order valence-electron chi connectivity index (χ3n) is 10.5. The van der Waals surface area contributed by atoms with E-state index in [1.807, 2.05) is 58.3 Å². The van der Waals surface area contributed by atoms with Crippen molar-refractivity contribution < 1.29 is 0 Å². The molecule has 59 heavy (non-hydrogen) atoms. The third-order valence-corrected chi connectivity index (χ3v) is 14.1. The van der Waals surface area contributed by atoms with Crippen LogP contribution in [0.5, 0.6) is 0 Å². The molecule has 0 aliphatic rings. The van der Waals surface area contributed by atoms with Crippen molar-refractivity contribution in [3.8, 4) is 90.1 Å². The summed E-state index contributed by atoms with van der Waals surface area (Å²) in [7, 11) is 0. The summed E-state index contributed by atoms with van der Waals surface area (Å²) in [5, 5.41) is 4.61. The normalized spacial score (nSPS) is 11.4. The van der Waals surface area contributed by atoms with E-state index in [1.54, 1.807) is 0 Å². The Morgan fingerprint density at radius 3 is 0.915 bits per heavy atom. The minimum atomic E-state index is 0.710. The molecule has 0 aliphatic heterocycles. The summed E-state index contributed by atoms with van der Waals surface area (Å²) in [5.74, 6) is 1.42. The number of nitrogens with zero attached hydrogens (tertiary/aromatic N) is 4. The molecule has 278 valence electrons. The molecule has 0 saturated heterocycles. The molecule has 0 bridgehead atoms. The Bertz CT molecular complexity index is 2930. The van der Waals surface area contributed by atoms with Crippen molar-refractivity contribution in [3.63, 3.8) is 0 Å². The van der Waals surface area contributed by atoms with Gasteiger partial charge in [0.15, 0.2) is 11.6 Å². The Labute approximate surface area is 353 Å². The topological polar surface area (TPSA) is 51.6 Å². The van der Waals surface area contributed by atoms with Gasteiger partial charge in [-0.05, 0) is 35.4 Å². The summed E-state index contributed by atoms with van der Waals surface area (Å²) in [6.07, 6.45) is 0. The second-order valence-electron chi connectivity index (χ2n) is 14.3. The van der Waals surface area contributed by atoms with Gasteiger partial charge in [0.1, 0.15) is 0 Å². The standard InChI is InChI=1S/C52H32N4S3/c1-5-15-33(16-6-1)43-29-44(34-17-7-2-8-18-34)54-51(53-43)39-25-13-23-37(27-39)41-31-57-49-47(41)59-48-42(32-58-50(48)49)38-24-14-26-40(28-38)52-55-45(35-19-9-3-10-20-35)30-46(56-52)36-21-11-4-12-22-36/h1-32H. The summed E-state index contributed by atoms with van der Waals surface area (Å²) in [6.45, 7) is 0. The van der Waals surface area contributed by atoms with E-state index in [0.717, 1.165) is 67.3 Å². The van der Waals surface area contributed by atoms with Gasteiger partial charge >= 0.3 is 0 Å². The van der Waals surface area contributed by atoms with Gasteiger partial charge in [-0.15, -0.1) is 34.0 Å². The number of aromatic nitrogens is 4. The van der Waals surface area contributed by atoms with Crippen LogP contribution in [0.4, 0.5) is 0 Å². The van der Waals surface area contributed by atoms with Crippen LogP contribution in [0.3, 0.4) is 0 Å². The summed E-state index contributed by atoms with van der Waals surface area (Å²) < 4.78 is 5.28. The highest BCUT2D eigenvalue weighted by Crippen LogP contribution is 2.50. The fourth-order valence-electron chi connectivity index (χ4n) is 7.54.